The molecule has 1 aromatic rings. The summed E-state index contributed by atoms with van der Waals surface area (Å²) in [4.78, 5) is 3.24. The molecule has 1 aromatic heterocycles. The maximum atomic E-state index is 4.83. The van der Waals surface area contributed by atoms with E-state index >= 15 is 0 Å². The maximum Gasteiger partial charge on any atom is 0.100 e. The molecule has 0 atom stereocenters. The van der Waals surface area contributed by atoms with E-state index in [-0.39, 0.29) is 55.0 Å². The third-order valence-electron chi connectivity index (χ3n) is 0.822. The topological polar surface area (TPSA) is 25.5 Å². The molecule has 0 unspecified atom stereocenters. The van der Waals surface area contributed by atoms with Gasteiger partial charge in [0.2, 0.25) is 0 Å². The van der Waals surface area contributed by atoms with E-state index in [2.05, 4.69) is 18.3 Å². The van der Waals surface area contributed by atoms with Crippen molar-refractivity contribution in [3.05, 3.63) is 31.2 Å². The van der Waals surface area contributed by atoms with Gasteiger partial charge in [0, 0.05) is 32.7 Å². The van der Waals surface area contributed by atoms with Gasteiger partial charge in [-0.15, -0.1) is 0 Å². The number of furan rings is 1. The van der Waals surface area contributed by atoms with Crippen molar-refractivity contribution in [2.45, 2.75) is 50.0 Å². The van der Waals surface area contributed by atoms with E-state index in [4.69, 9.17) is 4.42 Å². The molecule has 0 spiro atoms. The van der Waals surface area contributed by atoms with E-state index in [1.54, 1.807) is 13.2 Å². The summed E-state index contributed by atoms with van der Waals surface area (Å²) in [5.74, 6) is 0.968. The van der Waals surface area contributed by atoms with Crippen LogP contribution in [0.25, 0.3) is 0 Å². The third-order valence-corrected chi connectivity index (χ3v) is 0.822. The molecule has 1 radical (unpaired) electrons. The summed E-state index contributed by atoms with van der Waals surface area (Å²) in [5.41, 5.74) is 0. The average molecular weight is 304 g/mol. The molecule has 0 aliphatic heterocycles. The predicted molar refractivity (Wildman–Crippen MR) is 73.5 cm³/mol. The van der Waals surface area contributed by atoms with Crippen molar-refractivity contribution in [1.82, 2.24) is 0 Å². The van der Waals surface area contributed by atoms with Crippen molar-refractivity contribution >= 4 is 6.21 Å². The van der Waals surface area contributed by atoms with Crippen LogP contribution in [-0.4, -0.2) is 6.21 Å². The van der Waals surface area contributed by atoms with Gasteiger partial charge in [0.1, 0.15) is 5.76 Å². The summed E-state index contributed by atoms with van der Waals surface area (Å²) in [6, 6.07) is 3.79. The first kappa shape index (κ1) is 36.0. The van der Waals surface area contributed by atoms with Crippen molar-refractivity contribution < 1.29 is 37.1 Å². The van der Waals surface area contributed by atoms with E-state index in [0.29, 0.717) is 0 Å². The van der Waals surface area contributed by atoms with Gasteiger partial charge < -0.3 is 22.7 Å². The molecule has 16 heavy (non-hydrogen) atoms. The minimum atomic E-state index is 0. The Morgan fingerprint density at radius 3 is 1.69 bits per heavy atom. The Balaban J connectivity index is -0.0000000230. The fraction of sp³-hybridized carbons (Fsp3) is 0.538. The number of hydrogen-bond donors (Lipinski definition) is 0. The van der Waals surface area contributed by atoms with Crippen LogP contribution < -0.4 is 0 Å². The molecular formula is C13H29NOY-2. The Labute approximate surface area is 129 Å². The van der Waals surface area contributed by atoms with Crippen LogP contribution in [0.5, 0.6) is 0 Å². The number of hydrogen-bond acceptors (Lipinski definition) is 2. The van der Waals surface area contributed by atoms with Gasteiger partial charge >= 0.3 is 0 Å². The molecule has 0 aliphatic rings. The zero-order chi connectivity index (χ0) is 9.82. The van der Waals surface area contributed by atoms with Crippen LogP contribution in [-0.2, 0) is 32.7 Å². The monoisotopic (exact) mass is 304 g/mol. The Morgan fingerprint density at radius 1 is 1.25 bits per heavy atom. The molecule has 0 aliphatic carbocycles. The Bertz CT molecular complexity index is 168. The molecule has 3 heteroatoms. The maximum absolute atomic E-state index is 4.83. The number of nitrogens with zero attached hydrogens (tertiary/aromatic N) is 1. The summed E-state index contributed by atoms with van der Waals surface area (Å²) < 4.78 is 4.83. The Hall–Kier alpha value is -0.0761. The normalized spacial score (nSPS) is 6.00. The predicted octanol–water partition coefficient (Wildman–Crippen LogP) is 5.27. The summed E-state index contributed by atoms with van der Waals surface area (Å²) in [7, 11) is 3.12. The summed E-state index contributed by atoms with van der Waals surface area (Å²) >= 11 is 0. The van der Waals surface area contributed by atoms with Crippen molar-refractivity contribution in [1.29, 1.82) is 0 Å². The van der Waals surface area contributed by atoms with Crippen LogP contribution in [0.15, 0.2) is 27.8 Å². The molecule has 0 amide bonds. The van der Waals surface area contributed by atoms with Gasteiger partial charge in [0.25, 0.3) is 0 Å². The van der Waals surface area contributed by atoms with Gasteiger partial charge in [-0.2, -0.15) is 6.92 Å². The fourth-order valence-electron chi connectivity index (χ4n) is 0.361. The molecule has 0 saturated heterocycles. The molecule has 0 aromatic carbocycles. The van der Waals surface area contributed by atoms with E-state index in [0.717, 1.165) is 5.76 Å². The van der Waals surface area contributed by atoms with E-state index in [9.17, 15) is 0 Å². The molecule has 2 nitrogen and oxygen atoms in total. The van der Waals surface area contributed by atoms with E-state index < -0.39 is 0 Å². The second-order valence-electron chi connectivity index (χ2n) is 1.61. The number of rotatable bonds is 0. The van der Waals surface area contributed by atoms with Gasteiger partial charge in [-0.3, -0.25) is 0 Å². The molecule has 0 saturated carbocycles. The van der Waals surface area contributed by atoms with Crippen molar-refractivity contribution in [3.63, 3.8) is 0 Å². The average Bonchev–Trinajstić information content (AvgIpc) is 2.60. The van der Waals surface area contributed by atoms with E-state index in [1.807, 2.05) is 32.9 Å². The van der Waals surface area contributed by atoms with Crippen LogP contribution in [0, 0.1) is 14.0 Å². The fourth-order valence-corrected chi connectivity index (χ4v) is 0.361. The van der Waals surface area contributed by atoms with Gasteiger partial charge in [0.05, 0.1) is 6.26 Å². The van der Waals surface area contributed by atoms with Crippen LogP contribution in [0.2, 0.25) is 0 Å². The molecule has 0 fully saturated rings. The summed E-state index contributed by atoms with van der Waals surface area (Å²) in [5, 5.41) is 0. The Kier molecular flexibility index (Phi) is 81.8. The quantitative estimate of drug-likeness (QED) is 0.474. The van der Waals surface area contributed by atoms with Crippen LogP contribution in [0.3, 0.4) is 0 Å². The SMILES string of the molecule is C.C.C.CC.Cc1ccco1.[CH2-]N=[C-]C.[Y]. The molecule has 0 N–H and O–H groups in total. The number of aliphatic imine (C=N–C) groups is 1. The van der Waals surface area contributed by atoms with Gasteiger partial charge in [0.15, 0.2) is 0 Å². The molecule has 1 heterocycles. The second-order valence-corrected chi connectivity index (χ2v) is 1.61. The zero-order valence-electron chi connectivity index (χ0n) is 8.87. The minimum absolute atomic E-state index is 0. The smallest absolute Gasteiger partial charge is 0.100 e. The van der Waals surface area contributed by atoms with Crippen molar-refractivity contribution in [2.75, 3.05) is 0 Å². The molecule has 1 rings (SSSR count). The minimum Gasteiger partial charge on any atom is -0.662 e. The van der Waals surface area contributed by atoms with Gasteiger partial charge in [-0.25, -0.2) is 0 Å². The van der Waals surface area contributed by atoms with Crippen LogP contribution in [0.1, 0.15) is 48.8 Å². The summed E-state index contributed by atoms with van der Waals surface area (Å²) in [6.07, 6.45) is 4.11. The van der Waals surface area contributed by atoms with Gasteiger partial charge in [-0.05, 0) is 19.1 Å². The first-order valence-electron chi connectivity index (χ1n) is 3.94. The molecular weight excluding hydrogens is 275 g/mol. The number of aryl methyl sites for hydroxylation is 1. The molecule has 0 bridgehead atoms. The molecule has 97 valence electrons. The van der Waals surface area contributed by atoms with E-state index in [1.165, 1.54) is 0 Å². The first-order valence-corrected chi connectivity index (χ1v) is 3.94. The third kappa shape index (κ3) is 37.0. The second kappa shape index (κ2) is 36.3. The van der Waals surface area contributed by atoms with Crippen LogP contribution >= 0.6 is 0 Å². The zero-order valence-corrected chi connectivity index (χ0v) is 11.7. The Morgan fingerprint density at radius 2 is 1.62 bits per heavy atom. The van der Waals surface area contributed by atoms with Gasteiger partial charge in [-0.1, -0.05) is 36.1 Å². The largest absolute Gasteiger partial charge is 0.662 e. The van der Waals surface area contributed by atoms with Crippen molar-refractivity contribution in [3.8, 4) is 0 Å². The van der Waals surface area contributed by atoms with Crippen LogP contribution in [0.4, 0.5) is 0 Å². The standard InChI is InChI=1S/C5H6O.C3H5N.C2H6.3CH4.Y/c1-5-3-2-4-6-5;1-3-4-2;1-2;;;;/h2-4H,1H3;2H2,1H3;1-2H3;3*1H4;/q;-2;;;;;. The summed E-state index contributed by atoms with van der Waals surface area (Å²) in [6.45, 7) is 7.62. The van der Waals surface area contributed by atoms with Crippen molar-refractivity contribution in [2.24, 2.45) is 4.99 Å². The first-order chi connectivity index (χ1) is 5.81.